The van der Waals surface area contributed by atoms with Crippen LogP contribution in [0.25, 0.3) is 0 Å². The molecular weight excluding hydrogens is 262 g/mol. The molecule has 1 saturated heterocycles. The van der Waals surface area contributed by atoms with Crippen molar-refractivity contribution in [1.82, 2.24) is 15.1 Å². The molecule has 0 spiro atoms. The summed E-state index contributed by atoms with van der Waals surface area (Å²) in [4.78, 5) is 5.05. The van der Waals surface area contributed by atoms with Crippen LogP contribution in [0, 0.1) is 5.92 Å². The second kappa shape index (κ2) is 7.97. The smallest absolute Gasteiger partial charge is 0.117 e. The first-order chi connectivity index (χ1) is 10.1. The Morgan fingerprint density at radius 3 is 2.38 bits per heavy atom. The van der Waals surface area contributed by atoms with Crippen LogP contribution < -0.4 is 5.32 Å². The molecule has 1 aromatic rings. The predicted octanol–water partition coefficient (Wildman–Crippen LogP) is 2.20. The molecule has 0 radical (unpaired) electrons. The summed E-state index contributed by atoms with van der Waals surface area (Å²) >= 11 is 0. The van der Waals surface area contributed by atoms with E-state index >= 15 is 0 Å². The molecule has 0 saturated carbocycles. The molecule has 1 aliphatic heterocycles. The summed E-state index contributed by atoms with van der Waals surface area (Å²) in [5.41, 5.74) is 0. The van der Waals surface area contributed by atoms with E-state index < -0.39 is 0 Å². The van der Waals surface area contributed by atoms with Gasteiger partial charge in [0.2, 0.25) is 0 Å². The van der Waals surface area contributed by atoms with Crippen LogP contribution in [0.3, 0.4) is 0 Å². The number of rotatable bonds is 7. The Hall–Kier alpha value is -0.840. The molecule has 0 amide bonds. The number of piperazine rings is 1. The van der Waals surface area contributed by atoms with E-state index in [1.165, 1.54) is 26.2 Å². The minimum atomic E-state index is 0.610. The number of aryl methyl sites for hydroxylation is 1. The van der Waals surface area contributed by atoms with E-state index in [1.54, 1.807) is 0 Å². The van der Waals surface area contributed by atoms with E-state index in [0.717, 1.165) is 31.0 Å². The highest BCUT2D eigenvalue weighted by Crippen LogP contribution is 2.13. The molecule has 1 aliphatic rings. The molecule has 0 aromatic carbocycles. The highest BCUT2D eigenvalue weighted by atomic mass is 16.3. The number of likely N-dealkylation sites (N-methyl/N-ethyl adjacent to an activating group) is 1. The quantitative estimate of drug-likeness (QED) is 0.835. The molecular formula is C17H31N3O. The second-order valence-corrected chi connectivity index (χ2v) is 6.50. The van der Waals surface area contributed by atoms with Crippen LogP contribution in [-0.2, 0) is 13.0 Å². The fourth-order valence-electron chi connectivity index (χ4n) is 2.99. The maximum atomic E-state index is 5.75. The Kier molecular flexibility index (Phi) is 6.27. The topological polar surface area (TPSA) is 31.6 Å². The summed E-state index contributed by atoms with van der Waals surface area (Å²) in [5, 5.41) is 3.58. The van der Waals surface area contributed by atoms with E-state index in [-0.39, 0.29) is 0 Å². The van der Waals surface area contributed by atoms with Crippen LogP contribution in [0.2, 0.25) is 0 Å². The van der Waals surface area contributed by atoms with Gasteiger partial charge in [-0.1, -0.05) is 20.8 Å². The summed E-state index contributed by atoms with van der Waals surface area (Å²) in [6, 6.07) is 4.78. The van der Waals surface area contributed by atoms with Crippen molar-refractivity contribution in [3.8, 4) is 0 Å². The van der Waals surface area contributed by atoms with Crippen molar-refractivity contribution in [1.29, 1.82) is 0 Å². The normalized spacial score (nSPS) is 19.3. The van der Waals surface area contributed by atoms with Crippen molar-refractivity contribution in [3.63, 3.8) is 0 Å². The Morgan fingerprint density at radius 2 is 1.81 bits per heavy atom. The standard InChI is InChI=1S/C17H31N3O/c1-5-15-6-7-16(21-15)12-18-13-17(14(2)3)20-10-8-19(4)9-11-20/h6-7,14,17-18H,5,8-13H2,1-4H3. The van der Waals surface area contributed by atoms with Gasteiger partial charge in [0.15, 0.2) is 0 Å². The van der Waals surface area contributed by atoms with E-state index in [1.807, 2.05) is 0 Å². The lowest BCUT2D eigenvalue weighted by Crippen LogP contribution is -2.53. The van der Waals surface area contributed by atoms with Gasteiger partial charge in [-0.15, -0.1) is 0 Å². The Bertz CT molecular complexity index is 408. The van der Waals surface area contributed by atoms with Crippen molar-refractivity contribution >= 4 is 0 Å². The third kappa shape index (κ3) is 4.83. The van der Waals surface area contributed by atoms with Crippen LogP contribution in [-0.4, -0.2) is 55.6 Å². The van der Waals surface area contributed by atoms with Gasteiger partial charge >= 0.3 is 0 Å². The first kappa shape index (κ1) is 16.5. The fourth-order valence-corrected chi connectivity index (χ4v) is 2.99. The maximum Gasteiger partial charge on any atom is 0.117 e. The lowest BCUT2D eigenvalue weighted by atomic mass is 10.0. The lowest BCUT2D eigenvalue weighted by Gasteiger charge is -2.40. The average Bonchev–Trinajstić information content (AvgIpc) is 2.92. The van der Waals surface area contributed by atoms with E-state index in [2.05, 4.69) is 55.1 Å². The molecule has 1 fully saturated rings. The molecule has 21 heavy (non-hydrogen) atoms. The number of hydrogen-bond acceptors (Lipinski definition) is 4. The first-order valence-corrected chi connectivity index (χ1v) is 8.31. The zero-order valence-electron chi connectivity index (χ0n) is 14.1. The molecule has 1 N–H and O–H groups in total. The first-order valence-electron chi connectivity index (χ1n) is 8.31. The van der Waals surface area contributed by atoms with Gasteiger partial charge in [0.1, 0.15) is 11.5 Å². The highest BCUT2D eigenvalue weighted by Gasteiger charge is 2.24. The molecule has 0 aliphatic carbocycles. The van der Waals surface area contributed by atoms with Gasteiger partial charge in [-0.3, -0.25) is 4.90 Å². The van der Waals surface area contributed by atoms with Gasteiger partial charge in [-0.25, -0.2) is 0 Å². The Morgan fingerprint density at radius 1 is 1.14 bits per heavy atom. The SMILES string of the molecule is CCc1ccc(CNCC(C(C)C)N2CCN(C)CC2)o1. The van der Waals surface area contributed by atoms with Crippen LogP contribution >= 0.6 is 0 Å². The van der Waals surface area contributed by atoms with Crippen molar-refractivity contribution in [3.05, 3.63) is 23.7 Å². The summed E-state index contributed by atoms with van der Waals surface area (Å²) in [6.45, 7) is 13.4. The zero-order valence-corrected chi connectivity index (χ0v) is 14.1. The molecule has 1 atom stereocenters. The maximum absolute atomic E-state index is 5.75. The van der Waals surface area contributed by atoms with Gasteiger partial charge in [0.25, 0.3) is 0 Å². The summed E-state index contributed by atoms with van der Waals surface area (Å²) < 4.78 is 5.75. The number of hydrogen-bond donors (Lipinski definition) is 1. The van der Waals surface area contributed by atoms with E-state index in [0.29, 0.717) is 12.0 Å². The lowest BCUT2D eigenvalue weighted by molar-refractivity contribution is 0.0872. The van der Waals surface area contributed by atoms with Gasteiger partial charge in [0.05, 0.1) is 6.54 Å². The number of furan rings is 1. The van der Waals surface area contributed by atoms with Crippen LogP contribution in [0.4, 0.5) is 0 Å². The van der Waals surface area contributed by atoms with Gasteiger partial charge in [-0.2, -0.15) is 0 Å². The van der Waals surface area contributed by atoms with E-state index in [9.17, 15) is 0 Å². The molecule has 4 heteroatoms. The third-order valence-electron chi connectivity index (χ3n) is 4.49. The summed E-state index contributed by atoms with van der Waals surface area (Å²) in [5.74, 6) is 2.79. The van der Waals surface area contributed by atoms with Crippen molar-refractivity contribution in [2.45, 2.75) is 39.8 Å². The zero-order chi connectivity index (χ0) is 15.2. The molecule has 1 aromatic heterocycles. The molecule has 0 bridgehead atoms. The predicted molar refractivity (Wildman–Crippen MR) is 87.5 cm³/mol. The molecule has 4 nitrogen and oxygen atoms in total. The molecule has 120 valence electrons. The minimum Gasteiger partial charge on any atom is -0.465 e. The summed E-state index contributed by atoms with van der Waals surface area (Å²) in [6.07, 6.45) is 0.968. The molecule has 2 rings (SSSR count). The van der Waals surface area contributed by atoms with Crippen molar-refractivity contribution < 1.29 is 4.42 Å². The molecule has 1 unspecified atom stereocenters. The Balaban J connectivity index is 1.80. The summed E-state index contributed by atoms with van der Waals surface area (Å²) in [7, 11) is 2.21. The van der Waals surface area contributed by atoms with E-state index in [4.69, 9.17) is 4.42 Å². The van der Waals surface area contributed by atoms with Crippen molar-refractivity contribution in [2.75, 3.05) is 39.8 Å². The van der Waals surface area contributed by atoms with Crippen LogP contribution in [0.1, 0.15) is 32.3 Å². The minimum absolute atomic E-state index is 0.610. The molecule has 2 heterocycles. The highest BCUT2D eigenvalue weighted by molar-refractivity contribution is 5.06. The van der Waals surface area contributed by atoms with Gasteiger partial charge in [0, 0.05) is 45.2 Å². The second-order valence-electron chi connectivity index (χ2n) is 6.50. The van der Waals surface area contributed by atoms with Gasteiger partial charge < -0.3 is 14.6 Å². The largest absolute Gasteiger partial charge is 0.465 e. The fraction of sp³-hybridized carbons (Fsp3) is 0.765. The number of nitrogens with zero attached hydrogens (tertiary/aromatic N) is 2. The van der Waals surface area contributed by atoms with Gasteiger partial charge in [-0.05, 0) is 25.1 Å². The van der Waals surface area contributed by atoms with Crippen LogP contribution in [0.5, 0.6) is 0 Å². The number of nitrogens with one attached hydrogen (secondary N) is 1. The van der Waals surface area contributed by atoms with Crippen molar-refractivity contribution in [2.24, 2.45) is 5.92 Å². The average molecular weight is 293 g/mol. The third-order valence-corrected chi connectivity index (χ3v) is 4.49. The van der Waals surface area contributed by atoms with Crippen LogP contribution in [0.15, 0.2) is 16.5 Å². The Labute approximate surface area is 129 Å². The monoisotopic (exact) mass is 293 g/mol.